The number of rotatable bonds is 2. The van der Waals surface area contributed by atoms with Crippen LogP contribution in [0.5, 0.6) is 0 Å². The average molecular weight is 289 g/mol. The summed E-state index contributed by atoms with van der Waals surface area (Å²) in [5.41, 5.74) is 1.19. The third-order valence-electron chi connectivity index (χ3n) is 3.16. The maximum Gasteiger partial charge on any atom is 0.273 e. The second-order valence-corrected chi connectivity index (χ2v) is 5.59. The summed E-state index contributed by atoms with van der Waals surface area (Å²) in [5, 5.41) is 5.84. The number of thiazole rings is 1. The van der Waals surface area contributed by atoms with Crippen LogP contribution in [-0.2, 0) is 0 Å². The van der Waals surface area contributed by atoms with Gasteiger partial charge in [-0.1, -0.05) is 0 Å². The summed E-state index contributed by atoms with van der Waals surface area (Å²) in [5.74, 6) is -0.00950. The molecule has 2 aromatic rings. The third-order valence-corrected chi connectivity index (χ3v) is 4.03. The van der Waals surface area contributed by atoms with E-state index in [1.54, 1.807) is 24.0 Å². The Balaban J connectivity index is 1.78. The van der Waals surface area contributed by atoms with Gasteiger partial charge in [0.1, 0.15) is 16.4 Å². The fraction of sp³-hybridized carbons (Fsp3) is 0.385. The summed E-state index contributed by atoms with van der Waals surface area (Å²) in [6.45, 7) is 4.34. The van der Waals surface area contributed by atoms with Crippen LogP contribution in [0.4, 0.5) is 0 Å². The monoisotopic (exact) mass is 289 g/mol. The molecule has 6 nitrogen and oxygen atoms in total. The van der Waals surface area contributed by atoms with Crippen molar-refractivity contribution in [2.75, 3.05) is 19.6 Å². The summed E-state index contributed by atoms with van der Waals surface area (Å²) in [7, 11) is 0. The smallest absolute Gasteiger partial charge is 0.273 e. The Kier molecular flexibility index (Phi) is 3.70. The highest BCUT2D eigenvalue weighted by Crippen LogP contribution is 2.21. The molecular weight excluding hydrogens is 274 g/mol. The van der Waals surface area contributed by atoms with Crippen molar-refractivity contribution in [2.24, 2.45) is 0 Å². The summed E-state index contributed by atoms with van der Waals surface area (Å²) >= 11 is 1.42. The maximum absolute atomic E-state index is 12.4. The molecule has 0 bridgehead atoms. The Hall–Kier alpha value is -1.86. The first-order valence-corrected chi connectivity index (χ1v) is 7.36. The van der Waals surface area contributed by atoms with Crippen LogP contribution >= 0.6 is 11.3 Å². The second kappa shape index (κ2) is 5.64. The minimum atomic E-state index is -0.00950. The molecule has 0 aromatic carbocycles. The maximum atomic E-state index is 12.4. The minimum absolute atomic E-state index is 0.00950. The van der Waals surface area contributed by atoms with Crippen molar-refractivity contribution in [2.45, 2.75) is 13.0 Å². The van der Waals surface area contributed by atoms with Gasteiger partial charge in [-0.3, -0.25) is 14.8 Å². The molecule has 1 fully saturated rings. The number of nitrogens with one attached hydrogen (secondary N) is 1. The molecule has 20 heavy (non-hydrogen) atoms. The van der Waals surface area contributed by atoms with Crippen molar-refractivity contribution >= 4 is 17.2 Å². The molecule has 0 radical (unpaired) electrons. The van der Waals surface area contributed by atoms with Gasteiger partial charge < -0.3 is 10.2 Å². The number of hydrogen-bond acceptors (Lipinski definition) is 6. The number of nitrogens with zero attached hydrogens (tertiary/aromatic N) is 4. The Bertz CT molecular complexity index is 600. The van der Waals surface area contributed by atoms with Gasteiger partial charge in [-0.25, -0.2) is 4.98 Å². The molecule has 0 spiro atoms. The Morgan fingerprint density at radius 3 is 3.15 bits per heavy atom. The summed E-state index contributed by atoms with van der Waals surface area (Å²) in [4.78, 5) is 26.8. The SMILES string of the molecule is CC1CN(C(=O)c2csc(-c3cnccn3)n2)CCN1. The first-order valence-electron chi connectivity index (χ1n) is 6.48. The van der Waals surface area contributed by atoms with Crippen molar-refractivity contribution in [1.82, 2.24) is 25.2 Å². The number of aromatic nitrogens is 3. The van der Waals surface area contributed by atoms with E-state index in [0.29, 0.717) is 17.4 Å². The van der Waals surface area contributed by atoms with Gasteiger partial charge in [0, 0.05) is 43.4 Å². The minimum Gasteiger partial charge on any atom is -0.334 e. The standard InChI is InChI=1S/C13H15N5OS/c1-9-7-18(5-4-15-9)13(19)11-8-20-12(17-11)10-6-14-2-3-16-10/h2-3,6,8-9,15H,4-5,7H2,1H3. The fourth-order valence-electron chi connectivity index (χ4n) is 2.18. The van der Waals surface area contributed by atoms with Crippen LogP contribution in [0.15, 0.2) is 24.0 Å². The van der Waals surface area contributed by atoms with E-state index in [1.165, 1.54) is 11.3 Å². The first kappa shape index (κ1) is 13.1. The van der Waals surface area contributed by atoms with Gasteiger partial charge in [0.2, 0.25) is 0 Å². The molecule has 7 heteroatoms. The normalized spacial score (nSPS) is 19.1. The van der Waals surface area contributed by atoms with Crippen LogP contribution in [-0.4, -0.2) is 51.4 Å². The van der Waals surface area contributed by atoms with Crippen LogP contribution < -0.4 is 5.32 Å². The predicted molar refractivity (Wildman–Crippen MR) is 76.5 cm³/mol. The highest BCUT2D eigenvalue weighted by molar-refractivity contribution is 7.13. The lowest BCUT2D eigenvalue weighted by atomic mass is 10.2. The van der Waals surface area contributed by atoms with E-state index in [1.807, 2.05) is 4.90 Å². The molecule has 1 N–H and O–H groups in total. The van der Waals surface area contributed by atoms with Gasteiger partial charge in [-0.15, -0.1) is 11.3 Å². The molecule has 0 saturated carbocycles. The molecule has 1 atom stereocenters. The molecule has 1 saturated heterocycles. The van der Waals surface area contributed by atoms with Gasteiger partial charge in [-0.05, 0) is 6.92 Å². The van der Waals surface area contributed by atoms with E-state index < -0.39 is 0 Å². The zero-order chi connectivity index (χ0) is 13.9. The topological polar surface area (TPSA) is 71.0 Å². The van der Waals surface area contributed by atoms with E-state index in [0.717, 1.165) is 24.6 Å². The van der Waals surface area contributed by atoms with Crippen LogP contribution in [0.1, 0.15) is 17.4 Å². The summed E-state index contributed by atoms with van der Waals surface area (Å²) < 4.78 is 0. The van der Waals surface area contributed by atoms with Crippen molar-refractivity contribution in [1.29, 1.82) is 0 Å². The largest absolute Gasteiger partial charge is 0.334 e. The summed E-state index contributed by atoms with van der Waals surface area (Å²) in [6, 6.07) is 0.325. The van der Waals surface area contributed by atoms with Crippen molar-refractivity contribution in [3.63, 3.8) is 0 Å². The number of carbonyl (C=O) groups is 1. The number of amides is 1. The lowest BCUT2D eigenvalue weighted by Gasteiger charge is -2.31. The highest BCUT2D eigenvalue weighted by atomic mass is 32.1. The van der Waals surface area contributed by atoms with Crippen molar-refractivity contribution < 1.29 is 4.79 Å². The van der Waals surface area contributed by atoms with Crippen LogP contribution in [0, 0.1) is 0 Å². The molecule has 1 unspecified atom stereocenters. The first-order chi connectivity index (χ1) is 9.74. The molecule has 1 aliphatic heterocycles. The Morgan fingerprint density at radius 2 is 2.40 bits per heavy atom. The molecule has 0 aliphatic carbocycles. The Labute approximate surface area is 120 Å². The molecule has 3 rings (SSSR count). The number of carbonyl (C=O) groups excluding carboxylic acids is 1. The highest BCUT2D eigenvalue weighted by Gasteiger charge is 2.23. The molecule has 1 amide bonds. The molecule has 3 heterocycles. The van der Waals surface area contributed by atoms with E-state index >= 15 is 0 Å². The van der Waals surface area contributed by atoms with Crippen LogP contribution in [0.2, 0.25) is 0 Å². The fourth-order valence-corrected chi connectivity index (χ4v) is 2.93. The quantitative estimate of drug-likeness (QED) is 0.894. The van der Waals surface area contributed by atoms with E-state index in [2.05, 4.69) is 27.2 Å². The van der Waals surface area contributed by atoms with Gasteiger partial charge in [0.05, 0.1) is 6.20 Å². The number of hydrogen-bond donors (Lipinski definition) is 1. The zero-order valence-electron chi connectivity index (χ0n) is 11.1. The van der Waals surface area contributed by atoms with Crippen LogP contribution in [0.3, 0.4) is 0 Å². The molecule has 2 aromatic heterocycles. The third kappa shape index (κ3) is 2.68. The predicted octanol–water partition coefficient (Wildman–Crippen LogP) is 1.03. The lowest BCUT2D eigenvalue weighted by molar-refractivity contribution is 0.0704. The van der Waals surface area contributed by atoms with Gasteiger partial charge >= 0.3 is 0 Å². The van der Waals surface area contributed by atoms with Crippen LogP contribution in [0.25, 0.3) is 10.7 Å². The van der Waals surface area contributed by atoms with E-state index in [9.17, 15) is 4.79 Å². The Morgan fingerprint density at radius 1 is 1.50 bits per heavy atom. The number of piperazine rings is 1. The van der Waals surface area contributed by atoms with Crippen molar-refractivity contribution in [3.05, 3.63) is 29.7 Å². The summed E-state index contributed by atoms with van der Waals surface area (Å²) in [6.07, 6.45) is 4.89. The second-order valence-electron chi connectivity index (χ2n) is 4.73. The van der Waals surface area contributed by atoms with Gasteiger partial charge in [0.15, 0.2) is 0 Å². The molecule has 104 valence electrons. The average Bonchev–Trinajstić information content (AvgIpc) is 2.97. The van der Waals surface area contributed by atoms with E-state index in [-0.39, 0.29) is 5.91 Å². The molecular formula is C13H15N5OS. The zero-order valence-corrected chi connectivity index (χ0v) is 11.9. The molecule has 1 aliphatic rings. The lowest BCUT2D eigenvalue weighted by Crippen LogP contribution is -2.51. The van der Waals surface area contributed by atoms with Gasteiger partial charge in [0.25, 0.3) is 5.91 Å². The van der Waals surface area contributed by atoms with Crippen molar-refractivity contribution in [3.8, 4) is 10.7 Å². The van der Waals surface area contributed by atoms with Gasteiger partial charge in [-0.2, -0.15) is 0 Å². The van der Waals surface area contributed by atoms with E-state index in [4.69, 9.17) is 0 Å².